The highest BCUT2D eigenvalue weighted by atomic mass is 16.5. The number of piperazine rings is 1. The van der Waals surface area contributed by atoms with Crippen molar-refractivity contribution in [2.45, 2.75) is 39.2 Å². The Balaban J connectivity index is 0.000000531. The van der Waals surface area contributed by atoms with Crippen LogP contribution in [0.1, 0.15) is 42.9 Å². The molecule has 230 valence electrons. The summed E-state index contributed by atoms with van der Waals surface area (Å²) in [4.78, 5) is 51.1. The number of ketones is 1. The van der Waals surface area contributed by atoms with E-state index in [1.165, 1.54) is 0 Å². The van der Waals surface area contributed by atoms with Crippen molar-refractivity contribution < 1.29 is 38.9 Å². The van der Waals surface area contributed by atoms with Gasteiger partial charge in [-0.2, -0.15) is 0 Å². The van der Waals surface area contributed by atoms with Gasteiger partial charge in [0, 0.05) is 65.0 Å². The minimum absolute atomic E-state index is 0.147. The predicted molar refractivity (Wildman–Crippen MR) is 156 cm³/mol. The molecule has 1 aromatic carbocycles. The van der Waals surface area contributed by atoms with E-state index < -0.39 is 23.6 Å². The van der Waals surface area contributed by atoms with Gasteiger partial charge in [0.1, 0.15) is 5.75 Å². The molecule has 42 heavy (non-hydrogen) atoms. The van der Waals surface area contributed by atoms with Gasteiger partial charge >= 0.3 is 11.9 Å². The Hall–Kier alpha value is -3.90. The molecule has 0 spiro atoms. The average Bonchev–Trinajstić information content (AvgIpc) is 3.35. The monoisotopic (exact) mass is 586 g/mol. The first kappa shape index (κ1) is 32.6. The highest BCUT2D eigenvalue weighted by Crippen LogP contribution is 2.29. The normalized spacial score (nSPS) is 15.6. The van der Waals surface area contributed by atoms with Gasteiger partial charge < -0.3 is 34.1 Å². The maximum atomic E-state index is 12.8. The van der Waals surface area contributed by atoms with Crippen molar-refractivity contribution in [3.8, 4) is 5.75 Å². The number of carboxylic acids is 2. The molecule has 0 atom stereocenters. The van der Waals surface area contributed by atoms with E-state index >= 15 is 0 Å². The SMILES string of the molecule is CC(C)Oc1ccccc1N1CCN(CCc2ccc(C(=O)C(=O)N3CCOCC3)n2C)CC1.O=C(O)CCC(=O)O. The van der Waals surface area contributed by atoms with E-state index in [4.69, 9.17) is 19.7 Å². The number of ether oxygens (including phenoxy) is 2. The van der Waals surface area contributed by atoms with Crippen molar-refractivity contribution in [3.63, 3.8) is 0 Å². The molecule has 2 N–H and O–H groups in total. The molecule has 12 heteroatoms. The number of carboxylic acid groups (broad SMARTS) is 2. The molecule has 0 saturated carbocycles. The topological polar surface area (TPSA) is 142 Å². The second kappa shape index (κ2) is 15.9. The molecule has 2 aromatic rings. The summed E-state index contributed by atoms with van der Waals surface area (Å²) in [5.74, 6) is -2.08. The first-order chi connectivity index (χ1) is 20.1. The van der Waals surface area contributed by atoms with Crippen LogP contribution in [0.4, 0.5) is 5.69 Å². The maximum absolute atomic E-state index is 12.8. The van der Waals surface area contributed by atoms with E-state index in [9.17, 15) is 19.2 Å². The maximum Gasteiger partial charge on any atom is 0.303 e. The lowest BCUT2D eigenvalue weighted by Gasteiger charge is -2.37. The van der Waals surface area contributed by atoms with Gasteiger partial charge in [-0.3, -0.25) is 24.1 Å². The first-order valence-corrected chi connectivity index (χ1v) is 14.3. The zero-order chi connectivity index (χ0) is 30.6. The third-order valence-electron chi connectivity index (χ3n) is 7.13. The minimum atomic E-state index is -1.08. The van der Waals surface area contributed by atoms with Gasteiger partial charge in [0.15, 0.2) is 0 Å². The number of rotatable bonds is 11. The molecule has 1 aromatic heterocycles. The van der Waals surface area contributed by atoms with E-state index in [1.807, 2.05) is 29.8 Å². The lowest BCUT2D eigenvalue weighted by Crippen LogP contribution is -2.47. The predicted octanol–water partition coefficient (Wildman–Crippen LogP) is 2.15. The summed E-state index contributed by atoms with van der Waals surface area (Å²) in [6.07, 6.45) is 0.390. The van der Waals surface area contributed by atoms with Gasteiger partial charge in [0.05, 0.1) is 43.5 Å². The van der Waals surface area contributed by atoms with Crippen LogP contribution >= 0.6 is 0 Å². The zero-order valence-electron chi connectivity index (χ0n) is 24.7. The highest BCUT2D eigenvalue weighted by molar-refractivity contribution is 6.42. The molecule has 0 radical (unpaired) electrons. The molecule has 0 aliphatic carbocycles. The van der Waals surface area contributed by atoms with Crippen LogP contribution < -0.4 is 9.64 Å². The van der Waals surface area contributed by atoms with Crippen molar-refractivity contribution in [1.29, 1.82) is 0 Å². The molecule has 0 unspecified atom stereocenters. The summed E-state index contributed by atoms with van der Waals surface area (Å²) in [7, 11) is 1.87. The van der Waals surface area contributed by atoms with Crippen molar-refractivity contribution >= 4 is 29.3 Å². The van der Waals surface area contributed by atoms with Crippen molar-refractivity contribution in [2.75, 3.05) is 63.9 Å². The van der Waals surface area contributed by atoms with Crippen LogP contribution in [0.15, 0.2) is 36.4 Å². The van der Waals surface area contributed by atoms with Gasteiger partial charge in [-0.05, 0) is 38.1 Å². The van der Waals surface area contributed by atoms with Crippen LogP contribution in [0.3, 0.4) is 0 Å². The fourth-order valence-corrected chi connectivity index (χ4v) is 4.82. The number of aromatic nitrogens is 1. The van der Waals surface area contributed by atoms with Crippen LogP contribution in [0.2, 0.25) is 0 Å². The van der Waals surface area contributed by atoms with E-state index in [0.717, 1.165) is 56.3 Å². The lowest BCUT2D eigenvalue weighted by molar-refractivity contribution is -0.143. The number of para-hydroxylation sites is 2. The van der Waals surface area contributed by atoms with Crippen LogP contribution in [0, 0.1) is 0 Å². The van der Waals surface area contributed by atoms with E-state index in [1.54, 1.807) is 11.0 Å². The summed E-state index contributed by atoms with van der Waals surface area (Å²) in [6.45, 7) is 10.8. The second-order valence-electron chi connectivity index (χ2n) is 10.5. The summed E-state index contributed by atoms with van der Waals surface area (Å²) >= 11 is 0. The highest BCUT2D eigenvalue weighted by Gasteiger charge is 2.27. The quantitative estimate of drug-likeness (QED) is 0.297. The zero-order valence-corrected chi connectivity index (χ0v) is 24.7. The Morgan fingerprint density at radius 1 is 0.881 bits per heavy atom. The standard InChI is InChI=1S/C26H36N4O4.C4H6O4/c1-20(2)34-24-7-5-4-6-22(24)29-14-12-28(13-15-29)11-10-21-8-9-23(27(21)3)25(31)26(32)30-16-18-33-19-17-30;5-3(6)1-2-4(7)8/h4-9,20H,10-19H2,1-3H3;1-2H2,(H,5,6)(H,7,8). The van der Waals surface area contributed by atoms with Crippen LogP contribution in [0.25, 0.3) is 0 Å². The number of hydrogen-bond acceptors (Lipinski definition) is 8. The number of benzene rings is 1. The van der Waals surface area contributed by atoms with E-state index in [2.05, 4.69) is 35.8 Å². The first-order valence-electron chi connectivity index (χ1n) is 14.3. The molecule has 12 nitrogen and oxygen atoms in total. The van der Waals surface area contributed by atoms with Crippen molar-refractivity contribution in [1.82, 2.24) is 14.4 Å². The molecule has 2 aliphatic heterocycles. The van der Waals surface area contributed by atoms with Crippen LogP contribution in [-0.4, -0.2) is 113 Å². The molecule has 2 aliphatic rings. The van der Waals surface area contributed by atoms with Crippen molar-refractivity contribution in [3.05, 3.63) is 47.8 Å². The minimum Gasteiger partial charge on any atom is -0.489 e. The van der Waals surface area contributed by atoms with E-state index in [0.29, 0.717) is 32.0 Å². The fraction of sp³-hybridized carbons (Fsp3) is 0.533. The lowest BCUT2D eigenvalue weighted by atomic mass is 10.2. The molecule has 3 heterocycles. The Morgan fingerprint density at radius 3 is 2.10 bits per heavy atom. The van der Waals surface area contributed by atoms with Gasteiger partial charge in [-0.1, -0.05) is 12.1 Å². The third kappa shape index (κ3) is 9.59. The second-order valence-corrected chi connectivity index (χ2v) is 10.5. The third-order valence-corrected chi connectivity index (χ3v) is 7.13. The molecule has 1 amide bonds. The number of hydrogen-bond donors (Lipinski definition) is 2. The van der Waals surface area contributed by atoms with Crippen LogP contribution in [0.5, 0.6) is 5.75 Å². The molecular weight excluding hydrogens is 544 g/mol. The number of nitrogens with zero attached hydrogens (tertiary/aromatic N) is 4. The molecule has 2 saturated heterocycles. The largest absolute Gasteiger partial charge is 0.489 e. The van der Waals surface area contributed by atoms with E-state index in [-0.39, 0.29) is 18.9 Å². The number of morpholine rings is 1. The molecule has 2 fully saturated rings. The molecular formula is C30H42N4O8. The fourth-order valence-electron chi connectivity index (χ4n) is 4.82. The number of carbonyl (C=O) groups excluding carboxylic acids is 2. The van der Waals surface area contributed by atoms with Gasteiger partial charge in [0.25, 0.3) is 11.7 Å². The Labute approximate surface area is 246 Å². The van der Waals surface area contributed by atoms with Crippen LogP contribution in [-0.2, 0) is 32.6 Å². The summed E-state index contributed by atoms with van der Waals surface area (Å²) in [5.41, 5.74) is 2.68. The summed E-state index contributed by atoms with van der Waals surface area (Å²) in [5, 5.41) is 15.8. The number of aliphatic carboxylic acids is 2. The number of amides is 1. The number of Topliss-reactive ketones (excluding diaryl/α,β-unsaturated/α-hetero) is 1. The van der Waals surface area contributed by atoms with Crippen molar-refractivity contribution in [2.24, 2.45) is 7.05 Å². The smallest absolute Gasteiger partial charge is 0.303 e. The number of anilines is 1. The van der Waals surface area contributed by atoms with Gasteiger partial charge in [-0.15, -0.1) is 0 Å². The van der Waals surface area contributed by atoms with Gasteiger partial charge in [0.2, 0.25) is 0 Å². The summed E-state index contributed by atoms with van der Waals surface area (Å²) in [6, 6.07) is 12.0. The number of carbonyl (C=O) groups is 4. The Kier molecular flexibility index (Phi) is 12.4. The Morgan fingerprint density at radius 2 is 1.50 bits per heavy atom. The Bertz CT molecular complexity index is 1200. The van der Waals surface area contributed by atoms with Gasteiger partial charge in [-0.25, -0.2) is 0 Å². The molecule has 4 rings (SSSR count). The summed E-state index contributed by atoms with van der Waals surface area (Å²) < 4.78 is 13.2. The molecule has 0 bridgehead atoms. The average molecular weight is 587 g/mol.